The Morgan fingerprint density at radius 3 is 2.50 bits per heavy atom. The van der Waals surface area contributed by atoms with Crippen molar-refractivity contribution >= 4 is 27.1 Å². The molecule has 0 spiro atoms. The van der Waals surface area contributed by atoms with E-state index in [1.54, 1.807) is 30.5 Å². The van der Waals surface area contributed by atoms with Gasteiger partial charge in [-0.05, 0) is 37.6 Å². The molecule has 1 N–H and O–H groups in total. The minimum atomic E-state index is -3.22. The molecule has 8 heteroatoms. The summed E-state index contributed by atoms with van der Waals surface area (Å²) in [6.07, 6.45) is 2.90. The summed E-state index contributed by atoms with van der Waals surface area (Å²) in [5.41, 5.74) is 3.22. The molecule has 0 fully saturated rings. The largest absolute Gasteiger partial charge is 0.348 e. The number of hydrogen-bond donors (Lipinski definition) is 1. The first-order valence-electron chi connectivity index (χ1n) is 7.93. The molecule has 3 rings (SSSR count). The number of thiazole rings is 1. The van der Waals surface area contributed by atoms with Crippen LogP contribution in [0, 0.1) is 13.8 Å². The van der Waals surface area contributed by atoms with Crippen molar-refractivity contribution < 1.29 is 13.2 Å². The summed E-state index contributed by atoms with van der Waals surface area (Å²) in [4.78, 5) is 17.1. The van der Waals surface area contributed by atoms with Crippen LogP contribution in [-0.4, -0.2) is 30.1 Å². The van der Waals surface area contributed by atoms with Crippen LogP contribution < -0.4 is 5.32 Å². The fourth-order valence-electron chi connectivity index (χ4n) is 2.75. The van der Waals surface area contributed by atoms with E-state index in [-0.39, 0.29) is 10.8 Å². The lowest BCUT2D eigenvalue weighted by Gasteiger charge is -2.07. The average molecular weight is 390 g/mol. The van der Waals surface area contributed by atoms with Gasteiger partial charge in [0.25, 0.3) is 5.91 Å². The van der Waals surface area contributed by atoms with Crippen LogP contribution in [0.25, 0.3) is 5.13 Å². The van der Waals surface area contributed by atoms with Crippen LogP contribution in [0.15, 0.2) is 46.8 Å². The van der Waals surface area contributed by atoms with Crippen LogP contribution in [0.2, 0.25) is 0 Å². The van der Waals surface area contributed by atoms with Gasteiger partial charge in [0, 0.05) is 35.8 Å². The van der Waals surface area contributed by atoms with Crippen LogP contribution in [0.3, 0.4) is 0 Å². The van der Waals surface area contributed by atoms with E-state index in [4.69, 9.17) is 0 Å². The zero-order chi connectivity index (χ0) is 18.9. The molecule has 26 heavy (non-hydrogen) atoms. The molecule has 2 aromatic heterocycles. The number of nitrogens with zero attached hydrogens (tertiary/aromatic N) is 2. The van der Waals surface area contributed by atoms with Crippen LogP contribution in [0.4, 0.5) is 0 Å². The Bertz CT molecular complexity index is 1030. The van der Waals surface area contributed by atoms with E-state index in [2.05, 4.69) is 10.3 Å². The van der Waals surface area contributed by atoms with E-state index in [1.807, 2.05) is 29.9 Å². The highest BCUT2D eigenvalue weighted by molar-refractivity contribution is 7.90. The monoisotopic (exact) mass is 389 g/mol. The highest BCUT2D eigenvalue weighted by Crippen LogP contribution is 2.22. The number of aromatic nitrogens is 2. The lowest BCUT2D eigenvalue weighted by atomic mass is 10.2. The molecule has 0 aliphatic carbocycles. The van der Waals surface area contributed by atoms with Gasteiger partial charge in [0.15, 0.2) is 15.0 Å². The third-order valence-corrected chi connectivity index (χ3v) is 5.98. The summed E-state index contributed by atoms with van der Waals surface area (Å²) in [7, 11) is -3.22. The standard InChI is InChI=1S/C18H19N3O3S2/c1-12-10-16(13(2)21(12)18-19-8-9-25-18)17(22)20-11-14-4-6-15(7-5-14)26(3,23)24/h4-10H,11H2,1-3H3,(H,20,22). The Hall–Kier alpha value is -2.45. The number of amides is 1. The Balaban J connectivity index is 1.74. The summed E-state index contributed by atoms with van der Waals surface area (Å²) in [6, 6.07) is 8.35. The molecule has 0 saturated heterocycles. The predicted octanol–water partition coefficient (Wildman–Crippen LogP) is 2.88. The summed E-state index contributed by atoms with van der Waals surface area (Å²) in [6.45, 7) is 4.16. The number of benzene rings is 1. The molecule has 0 atom stereocenters. The maximum absolute atomic E-state index is 12.6. The van der Waals surface area contributed by atoms with Gasteiger partial charge >= 0.3 is 0 Å². The van der Waals surface area contributed by atoms with Gasteiger partial charge in [0.05, 0.1) is 10.5 Å². The van der Waals surface area contributed by atoms with Gasteiger partial charge in [-0.25, -0.2) is 13.4 Å². The van der Waals surface area contributed by atoms with Crippen LogP contribution in [0.1, 0.15) is 27.3 Å². The molecule has 0 aliphatic rings. The molecule has 0 saturated carbocycles. The van der Waals surface area contributed by atoms with Gasteiger partial charge < -0.3 is 5.32 Å². The van der Waals surface area contributed by atoms with E-state index < -0.39 is 9.84 Å². The Morgan fingerprint density at radius 2 is 1.92 bits per heavy atom. The maximum Gasteiger partial charge on any atom is 0.253 e. The minimum absolute atomic E-state index is 0.173. The van der Waals surface area contributed by atoms with Crippen molar-refractivity contribution in [1.82, 2.24) is 14.9 Å². The van der Waals surface area contributed by atoms with Crippen LogP contribution in [-0.2, 0) is 16.4 Å². The van der Waals surface area contributed by atoms with E-state index in [0.717, 1.165) is 22.1 Å². The molecule has 6 nitrogen and oxygen atoms in total. The summed E-state index contributed by atoms with van der Waals surface area (Å²) in [5, 5.41) is 5.61. The number of sulfone groups is 1. The normalized spacial score (nSPS) is 11.5. The number of carbonyl (C=O) groups is 1. The van der Waals surface area contributed by atoms with Crippen molar-refractivity contribution in [2.45, 2.75) is 25.3 Å². The summed E-state index contributed by atoms with van der Waals surface area (Å²) < 4.78 is 24.9. The molecule has 2 heterocycles. The summed E-state index contributed by atoms with van der Waals surface area (Å²) >= 11 is 1.51. The van der Waals surface area contributed by atoms with Crippen molar-refractivity contribution in [2.24, 2.45) is 0 Å². The summed E-state index contributed by atoms with van der Waals surface area (Å²) in [5.74, 6) is -0.173. The second kappa shape index (κ2) is 7.05. The van der Waals surface area contributed by atoms with Crippen molar-refractivity contribution in [2.75, 3.05) is 6.26 Å². The lowest BCUT2D eigenvalue weighted by Crippen LogP contribution is -2.23. The molecule has 1 amide bonds. The highest BCUT2D eigenvalue weighted by atomic mass is 32.2. The third-order valence-electron chi connectivity index (χ3n) is 4.09. The maximum atomic E-state index is 12.6. The highest BCUT2D eigenvalue weighted by Gasteiger charge is 2.17. The Kier molecular flexibility index (Phi) is 4.97. The van der Waals surface area contributed by atoms with E-state index in [1.165, 1.54) is 17.6 Å². The van der Waals surface area contributed by atoms with Gasteiger partial charge in [-0.1, -0.05) is 12.1 Å². The molecule has 0 aliphatic heterocycles. The lowest BCUT2D eigenvalue weighted by molar-refractivity contribution is 0.0950. The Morgan fingerprint density at radius 1 is 1.23 bits per heavy atom. The second-order valence-corrected chi connectivity index (χ2v) is 8.92. The quantitative estimate of drug-likeness (QED) is 0.727. The molecule has 3 aromatic rings. The molecule has 0 bridgehead atoms. The number of rotatable bonds is 5. The third kappa shape index (κ3) is 3.71. The molecular weight excluding hydrogens is 370 g/mol. The van der Waals surface area contributed by atoms with Gasteiger partial charge in [-0.2, -0.15) is 0 Å². The zero-order valence-electron chi connectivity index (χ0n) is 14.7. The van der Waals surface area contributed by atoms with Crippen LogP contribution >= 0.6 is 11.3 Å². The van der Waals surface area contributed by atoms with Crippen molar-refractivity contribution in [3.8, 4) is 5.13 Å². The van der Waals surface area contributed by atoms with Crippen molar-refractivity contribution in [3.63, 3.8) is 0 Å². The number of nitrogens with one attached hydrogen (secondary N) is 1. The predicted molar refractivity (Wildman–Crippen MR) is 102 cm³/mol. The van der Waals surface area contributed by atoms with Gasteiger partial charge in [-0.3, -0.25) is 9.36 Å². The number of carbonyl (C=O) groups excluding carboxylic acids is 1. The second-order valence-electron chi connectivity index (χ2n) is 6.03. The molecule has 1 aromatic carbocycles. The first kappa shape index (κ1) is 18.3. The van der Waals surface area contributed by atoms with Crippen molar-refractivity contribution in [1.29, 1.82) is 0 Å². The van der Waals surface area contributed by atoms with E-state index >= 15 is 0 Å². The van der Waals surface area contributed by atoms with Gasteiger partial charge in [0.1, 0.15) is 0 Å². The molecular formula is C18H19N3O3S2. The van der Waals surface area contributed by atoms with E-state index in [0.29, 0.717) is 12.1 Å². The Labute approximate surface area is 156 Å². The van der Waals surface area contributed by atoms with Crippen molar-refractivity contribution in [3.05, 3.63) is 64.4 Å². The molecule has 0 radical (unpaired) electrons. The fourth-order valence-corrected chi connectivity index (χ4v) is 4.13. The fraction of sp³-hybridized carbons (Fsp3) is 0.222. The SMILES string of the molecule is Cc1cc(C(=O)NCc2ccc(S(C)(=O)=O)cc2)c(C)n1-c1nccs1. The van der Waals surface area contributed by atoms with Gasteiger partial charge in [-0.15, -0.1) is 11.3 Å². The van der Waals surface area contributed by atoms with Gasteiger partial charge in [0.2, 0.25) is 0 Å². The zero-order valence-corrected chi connectivity index (χ0v) is 16.3. The minimum Gasteiger partial charge on any atom is -0.348 e. The van der Waals surface area contributed by atoms with Crippen LogP contribution in [0.5, 0.6) is 0 Å². The smallest absolute Gasteiger partial charge is 0.253 e. The molecule has 136 valence electrons. The number of aryl methyl sites for hydroxylation is 1. The molecule has 0 unspecified atom stereocenters. The number of hydrogen-bond acceptors (Lipinski definition) is 5. The average Bonchev–Trinajstić information content (AvgIpc) is 3.20. The first-order chi connectivity index (χ1) is 12.3. The topological polar surface area (TPSA) is 81.1 Å². The van der Waals surface area contributed by atoms with E-state index in [9.17, 15) is 13.2 Å². The first-order valence-corrected chi connectivity index (χ1v) is 10.7.